The zero-order valence-corrected chi connectivity index (χ0v) is 14.5. The number of hydrogen-bond acceptors (Lipinski definition) is 3. The first kappa shape index (κ1) is 20.0. The summed E-state index contributed by atoms with van der Waals surface area (Å²) < 4.78 is 25.9. The largest absolute Gasteiger partial charge is 0.346 e. The molecule has 0 aliphatic heterocycles. The molecule has 0 bridgehead atoms. The van der Waals surface area contributed by atoms with Crippen molar-refractivity contribution in [1.82, 2.24) is 10.2 Å². The zero-order chi connectivity index (χ0) is 18.3. The van der Waals surface area contributed by atoms with Crippen molar-refractivity contribution in [3.05, 3.63) is 29.8 Å². The highest BCUT2D eigenvalue weighted by Crippen LogP contribution is 2.12. The number of nitrogens with zero attached hydrogens (tertiary/aromatic N) is 1. The molecule has 0 radical (unpaired) electrons. The van der Waals surface area contributed by atoms with E-state index in [9.17, 15) is 18.4 Å². The zero-order valence-electron chi connectivity index (χ0n) is 14.5. The smallest absolute Gasteiger partial charge is 0.243 e. The number of carbonyl (C=O) groups excluding carboxylic acids is 2. The van der Waals surface area contributed by atoms with E-state index in [0.717, 1.165) is 18.7 Å². The Hall–Kier alpha value is -2.02. The van der Waals surface area contributed by atoms with E-state index < -0.39 is 17.5 Å². The Kier molecular flexibility index (Phi) is 7.78. The van der Waals surface area contributed by atoms with Crippen molar-refractivity contribution in [2.75, 3.05) is 25.0 Å². The van der Waals surface area contributed by atoms with E-state index in [0.29, 0.717) is 5.92 Å². The number of carbonyl (C=O) groups is 2. The highest BCUT2D eigenvalue weighted by Gasteiger charge is 2.18. The minimum atomic E-state index is -1.04. The normalized spacial score (nSPS) is 12.3. The van der Waals surface area contributed by atoms with E-state index in [1.165, 1.54) is 6.07 Å². The summed E-state index contributed by atoms with van der Waals surface area (Å²) in [5, 5.41) is 4.93. The fourth-order valence-corrected chi connectivity index (χ4v) is 2.16. The quantitative estimate of drug-likeness (QED) is 0.763. The molecular weight excluding hydrogens is 316 g/mol. The van der Waals surface area contributed by atoms with E-state index in [2.05, 4.69) is 31.4 Å². The monoisotopic (exact) mass is 341 g/mol. The van der Waals surface area contributed by atoms with Gasteiger partial charge in [0.1, 0.15) is 0 Å². The molecule has 7 heteroatoms. The number of likely N-dealkylation sites (N-methyl/N-ethyl adjacent to an activating group) is 1. The van der Waals surface area contributed by atoms with Crippen LogP contribution in [0, 0.1) is 17.6 Å². The van der Waals surface area contributed by atoms with Gasteiger partial charge in [-0.15, -0.1) is 0 Å². The van der Waals surface area contributed by atoms with Crippen LogP contribution in [0.25, 0.3) is 0 Å². The second kappa shape index (κ2) is 9.32. The molecular formula is C17H25F2N3O2. The summed E-state index contributed by atoms with van der Waals surface area (Å²) in [5.74, 6) is -2.38. The first-order valence-corrected chi connectivity index (χ1v) is 8.00. The average Bonchev–Trinajstić information content (AvgIpc) is 2.53. The lowest BCUT2D eigenvalue weighted by Gasteiger charge is -2.29. The predicted octanol–water partition coefficient (Wildman–Crippen LogP) is 2.39. The van der Waals surface area contributed by atoms with Crippen LogP contribution in [-0.2, 0) is 9.59 Å². The second-order valence-electron chi connectivity index (χ2n) is 6.00. The van der Waals surface area contributed by atoms with Gasteiger partial charge in [-0.05, 0) is 31.5 Å². The van der Waals surface area contributed by atoms with Crippen LogP contribution >= 0.6 is 0 Å². The lowest BCUT2D eigenvalue weighted by atomic mass is 10.0. The average molecular weight is 341 g/mol. The molecule has 0 spiro atoms. The summed E-state index contributed by atoms with van der Waals surface area (Å²) in [6.45, 7) is 8.90. The van der Waals surface area contributed by atoms with Gasteiger partial charge in [0.2, 0.25) is 11.8 Å². The van der Waals surface area contributed by atoms with Gasteiger partial charge in [-0.3, -0.25) is 14.5 Å². The second-order valence-corrected chi connectivity index (χ2v) is 6.00. The molecule has 0 saturated heterocycles. The maximum atomic E-state index is 13.1. The number of anilines is 1. The molecule has 0 aliphatic carbocycles. The van der Waals surface area contributed by atoms with Crippen LogP contribution in [0.5, 0.6) is 0 Å². The third kappa shape index (κ3) is 6.23. The molecule has 2 amide bonds. The molecule has 1 aromatic rings. The molecule has 0 saturated carbocycles. The molecule has 1 rings (SSSR count). The van der Waals surface area contributed by atoms with Crippen molar-refractivity contribution in [1.29, 1.82) is 0 Å². The minimum Gasteiger partial charge on any atom is -0.346 e. The Morgan fingerprint density at radius 3 is 2.33 bits per heavy atom. The summed E-state index contributed by atoms with van der Waals surface area (Å²) in [7, 11) is 0. The van der Waals surface area contributed by atoms with Crippen molar-refractivity contribution >= 4 is 17.5 Å². The van der Waals surface area contributed by atoms with Crippen molar-refractivity contribution in [2.24, 2.45) is 5.92 Å². The van der Waals surface area contributed by atoms with Crippen LogP contribution in [0.2, 0.25) is 0 Å². The van der Waals surface area contributed by atoms with Gasteiger partial charge in [0.25, 0.3) is 0 Å². The van der Waals surface area contributed by atoms with Gasteiger partial charge in [-0.25, -0.2) is 8.78 Å². The van der Waals surface area contributed by atoms with E-state index >= 15 is 0 Å². The van der Waals surface area contributed by atoms with Gasteiger partial charge in [0.05, 0.1) is 13.1 Å². The summed E-state index contributed by atoms with van der Waals surface area (Å²) in [5.41, 5.74) is 0.136. The lowest BCUT2D eigenvalue weighted by molar-refractivity contribution is -0.125. The summed E-state index contributed by atoms with van der Waals surface area (Å²) >= 11 is 0. The van der Waals surface area contributed by atoms with Crippen molar-refractivity contribution in [3.63, 3.8) is 0 Å². The predicted molar refractivity (Wildman–Crippen MR) is 89.5 cm³/mol. The maximum absolute atomic E-state index is 13.1. The fourth-order valence-electron chi connectivity index (χ4n) is 2.16. The molecule has 0 heterocycles. The lowest BCUT2D eigenvalue weighted by Crippen LogP contribution is -2.45. The van der Waals surface area contributed by atoms with Crippen LogP contribution < -0.4 is 10.6 Å². The number of benzene rings is 1. The minimum absolute atomic E-state index is 0.136. The molecule has 24 heavy (non-hydrogen) atoms. The summed E-state index contributed by atoms with van der Waals surface area (Å²) in [4.78, 5) is 25.7. The first-order chi connectivity index (χ1) is 11.2. The van der Waals surface area contributed by atoms with E-state index in [1.807, 2.05) is 11.8 Å². The molecule has 2 N–H and O–H groups in total. The van der Waals surface area contributed by atoms with Crippen LogP contribution in [0.1, 0.15) is 27.7 Å². The van der Waals surface area contributed by atoms with Gasteiger partial charge >= 0.3 is 0 Å². The standard InChI is InChI=1S/C17H25F2N3O2/c1-5-22(12(4)11(2)3)10-17(24)20-9-16(23)21-13-6-7-14(18)15(19)8-13/h6-8,11-12H,5,9-10H2,1-4H3,(H,20,24)(H,21,23). The van der Waals surface area contributed by atoms with Crippen molar-refractivity contribution in [3.8, 4) is 0 Å². The highest BCUT2D eigenvalue weighted by molar-refractivity contribution is 5.94. The molecule has 0 aromatic heterocycles. The van der Waals surface area contributed by atoms with E-state index in [-0.39, 0.29) is 30.7 Å². The van der Waals surface area contributed by atoms with Gasteiger partial charge in [-0.1, -0.05) is 20.8 Å². The summed E-state index contributed by atoms with van der Waals surface area (Å²) in [6.07, 6.45) is 0. The maximum Gasteiger partial charge on any atom is 0.243 e. The Morgan fingerprint density at radius 1 is 1.12 bits per heavy atom. The number of halogens is 2. The van der Waals surface area contributed by atoms with Crippen LogP contribution in [0.4, 0.5) is 14.5 Å². The Morgan fingerprint density at radius 2 is 1.79 bits per heavy atom. The number of rotatable bonds is 8. The molecule has 0 aliphatic rings. The third-order valence-corrected chi connectivity index (χ3v) is 3.94. The molecule has 1 unspecified atom stereocenters. The Bertz CT molecular complexity index is 579. The van der Waals surface area contributed by atoms with Crippen LogP contribution in [0.3, 0.4) is 0 Å². The Balaban J connectivity index is 2.45. The number of amides is 2. The van der Waals surface area contributed by atoms with Gasteiger partial charge in [0, 0.05) is 17.8 Å². The third-order valence-electron chi connectivity index (χ3n) is 3.94. The fraction of sp³-hybridized carbons (Fsp3) is 0.529. The molecule has 0 fully saturated rings. The molecule has 134 valence electrons. The van der Waals surface area contributed by atoms with Crippen molar-refractivity contribution < 1.29 is 18.4 Å². The molecule has 1 aromatic carbocycles. The van der Waals surface area contributed by atoms with Gasteiger partial charge in [0.15, 0.2) is 11.6 Å². The topological polar surface area (TPSA) is 61.4 Å². The van der Waals surface area contributed by atoms with E-state index in [1.54, 1.807) is 0 Å². The molecule has 5 nitrogen and oxygen atoms in total. The number of hydrogen-bond donors (Lipinski definition) is 2. The van der Waals surface area contributed by atoms with E-state index in [4.69, 9.17) is 0 Å². The Labute approximate surface area is 141 Å². The van der Waals surface area contributed by atoms with Gasteiger partial charge < -0.3 is 10.6 Å². The number of nitrogens with one attached hydrogen (secondary N) is 2. The summed E-state index contributed by atoms with van der Waals surface area (Å²) in [6, 6.07) is 3.31. The SMILES string of the molecule is CCN(CC(=O)NCC(=O)Nc1ccc(F)c(F)c1)C(C)C(C)C. The van der Waals surface area contributed by atoms with Crippen molar-refractivity contribution in [2.45, 2.75) is 33.7 Å². The highest BCUT2D eigenvalue weighted by atomic mass is 19.2. The van der Waals surface area contributed by atoms with Gasteiger partial charge in [-0.2, -0.15) is 0 Å². The van der Waals surface area contributed by atoms with Crippen LogP contribution in [-0.4, -0.2) is 42.4 Å². The molecule has 1 atom stereocenters. The van der Waals surface area contributed by atoms with Crippen LogP contribution in [0.15, 0.2) is 18.2 Å². The first-order valence-electron chi connectivity index (χ1n) is 8.00.